The molecule has 0 spiro atoms. The van der Waals surface area contributed by atoms with E-state index in [4.69, 9.17) is 15.7 Å². The van der Waals surface area contributed by atoms with Gasteiger partial charge in [-0.3, -0.25) is 4.98 Å². The number of hydrogen-bond donors (Lipinski definition) is 1. The van der Waals surface area contributed by atoms with E-state index < -0.39 is 12.1 Å². The number of ether oxygens (including phenoxy) is 2. The molecule has 0 fully saturated rings. The molecule has 0 aliphatic carbocycles. The predicted octanol–water partition coefficient (Wildman–Crippen LogP) is 1.51. The van der Waals surface area contributed by atoms with Crippen LogP contribution < -0.4 is 15.2 Å². The van der Waals surface area contributed by atoms with Gasteiger partial charge in [0.25, 0.3) is 0 Å². The summed E-state index contributed by atoms with van der Waals surface area (Å²) in [5.74, 6) is -0.734. The van der Waals surface area contributed by atoms with Gasteiger partial charge in [0.15, 0.2) is 11.5 Å². The third-order valence-electron chi connectivity index (χ3n) is 1.95. The minimum absolute atomic E-state index is 0.101. The Labute approximate surface area is 101 Å². The molecule has 0 saturated carbocycles. The number of alkyl halides is 3. The molecular formula is C10H10F3N3O2. The van der Waals surface area contributed by atoms with Gasteiger partial charge in [-0.1, -0.05) is 0 Å². The Balaban J connectivity index is 3.27. The first-order valence-corrected chi connectivity index (χ1v) is 4.80. The second-order valence-electron chi connectivity index (χ2n) is 3.18. The van der Waals surface area contributed by atoms with Gasteiger partial charge >= 0.3 is 6.36 Å². The third-order valence-corrected chi connectivity index (χ3v) is 1.95. The fourth-order valence-electron chi connectivity index (χ4n) is 1.34. The van der Waals surface area contributed by atoms with Gasteiger partial charge in [-0.15, -0.1) is 13.2 Å². The molecular weight excluding hydrogens is 251 g/mol. The molecule has 0 atom stereocenters. The van der Waals surface area contributed by atoms with Crippen molar-refractivity contribution in [2.45, 2.75) is 19.3 Å². The Bertz CT molecular complexity index is 469. The van der Waals surface area contributed by atoms with Crippen LogP contribution in [-0.2, 0) is 13.0 Å². The molecule has 0 aromatic carbocycles. The third kappa shape index (κ3) is 3.49. The van der Waals surface area contributed by atoms with Gasteiger partial charge in [-0.2, -0.15) is 5.26 Å². The largest absolute Gasteiger partial charge is 0.573 e. The number of nitrogens with two attached hydrogens (primary N) is 1. The van der Waals surface area contributed by atoms with Crippen LogP contribution in [0, 0.1) is 11.3 Å². The van der Waals surface area contributed by atoms with Gasteiger partial charge in [0.05, 0.1) is 25.3 Å². The van der Waals surface area contributed by atoms with Crippen LogP contribution in [0.5, 0.6) is 11.5 Å². The summed E-state index contributed by atoms with van der Waals surface area (Å²) in [6.07, 6.45) is -5.00. The van der Waals surface area contributed by atoms with Crippen molar-refractivity contribution < 1.29 is 22.6 Å². The van der Waals surface area contributed by atoms with Gasteiger partial charge in [-0.05, 0) is 0 Å². The van der Waals surface area contributed by atoms with Crippen molar-refractivity contribution in [2.24, 2.45) is 5.73 Å². The van der Waals surface area contributed by atoms with Crippen molar-refractivity contribution in [3.8, 4) is 17.6 Å². The lowest BCUT2D eigenvalue weighted by atomic mass is 10.2. The van der Waals surface area contributed by atoms with E-state index in [-0.39, 0.29) is 30.1 Å². The molecule has 0 aliphatic heterocycles. The van der Waals surface area contributed by atoms with Crippen LogP contribution in [0.3, 0.4) is 0 Å². The fourth-order valence-corrected chi connectivity index (χ4v) is 1.34. The fraction of sp³-hybridized carbons (Fsp3) is 0.400. The van der Waals surface area contributed by atoms with E-state index >= 15 is 0 Å². The topological polar surface area (TPSA) is 81.2 Å². The van der Waals surface area contributed by atoms with Crippen LogP contribution in [0.25, 0.3) is 0 Å². The highest BCUT2D eigenvalue weighted by Crippen LogP contribution is 2.34. The molecule has 0 amide bonds. The van der Waals surface area contributed by atoms with Crippen LogP contribution in [0.4, 0.5) is 13.2 Å². The average molecular weight is 261 g/mol. The van der Waals surface area contributed by atoms with Crippen LogP contribution in [0.1, 0.15) is 11.4 Å². The zero-order valence-electron chi connectivity index (χ0n) is 9.41. The van der Waals surface area contributed by atoms with Gasteiger partial charge in [0.2, 0.25) is 0 Å². The minimum atomic E-state index is -4.86. The Morgan fingerprint density at radius 3 is 2.61 bits per heavy atom. The van der Waals surface area contributed by atoms with Crippen molar-refractivity contribution >= 4 is 0 Å². The number of pyridine rings is 1. The first kappa shape index (κ1) is 14.1. The number of hydrogen-bond acceptors (Lipinski definition) is 5. The van der Waals surface area contributed by atoms with Crippen LogP contribution in [0.2, 0.25) is 0 Å². The smallest absolute Gasteiger partial charge is 0.491 e. The molecule has 0 unspecified atom stereocenters. The number of nitriles is 1. The summed E-state index contributed by atoms with van der Waals surface area (Å²) in [6, 6.07) is 2.79. The lowest BCUT2D eigenvalue weighted by Crippen LogP contribution is -2.19. The quantitative estimate of drug-likeness (QED) is 0.888. The summed E-state index contributed by atoms with van der Waals surface area (Å²) in [4.78, 5) is 3.92. The first-order valence-electron chi connectivity index (χ1n) is 4.80. The predicted molar refractivity (Wildman–Crippen MR) is 54.7 cm³/mol. The van der Waals surface area contributed by atoms with Gasteiger partial charge in [0, 0.05) is 12.6 Å². The van der Waals surface area contributed by atoms with E-state index in [2.05, 4.69) is 9.72 Å². The lowest BCUT2D eigenvalue weighted by Gasteiger charge is -2.15. The molecule has 1 rings (SSSR count). The number of aromatic nitrogens is 1. The second-order valence-corrected chi connectivity index (χ2v) is 3.18. The first-order chi connectivity index (χ1) is 8.41. The van der Waals surface area contributed by atoms with Crippen molar-refractivity contribution in [1.82, 2.24) is 4.98 Å². The molecule has 18 heavy (non-hydrogen) atoms. The molecule has 0 saturated heterocycles. The Morgan fingerprint density at radius 2 is 2.17 bits per heavy atom. The van der Waals surface area contributed by atoms with Gasteiger partial charge < -0.3 is 15.2 Å². The normalized spacial score (nSPS) is 10.9. The highest BCUT2D eigenvalue weighted by molar-refractivity contribution is 5.45. The number of methoxy groups -OCH3 is 1. The molecule has 1 aromatic rings. The summed E-state index contributed by atoms with van der Waals surface area (Å²) in [7, 11) is 1.18. The summed E-state index contributed by atoms with van der Waals surface area (Å²) in [5.41, 5.74) is 5.60. The van der Waals surface area contributed by atoms with E-state index in [0.717, 1.165) is 6.07 Å². The van der Waals surface area contributed by atoms with Crippen molar-refractivity contribution in [3.63, 3.8) is 0 Å². The van der Waals surface area contributed by atoms with Crippen LogP contribution >= 0.6 is 0 Å². The molecule has 0 aliphatic rings. The zero-order chi connectivity index (χ0) is 13.8. The maximum absolute atomic E-state index is 12.2. The monoisotopic (exact) mass is 261 g/mol. The number of rotatable bonds is 4. The van der Waals surface area contributed by atoms with E-state index in [1.807, 2.05) is 0 Å². The van der Waals surface area contributed by atoms with E-state index in [1.165, 1.54) is 7.11 Å². The summed E-state index contributed by atoms with van der Waals surface area (Å²) >= 11 is 0. The van der Waals surface area contributed by atoms with Crippen LogP contribution in [0.15, 0.2) is 6.07 Å². The molecule has 5 nitrogen and oxygen atoms in total. The maximum atomic E-state index is 12.2. The van der Waals surface area contributed by atoms with Gasteiger partial charge in [-0.25, -0.2) is 0 Å². The maximum Gasteiger partial charge on any atom is 0.573 e. The lowest BCUT2D eigenvalue weighted by molar-refractivity contribution is -0.275. The highest BCUT2D eigenvalue weighted by atomic mass is 19.4. The van der Waals surface area contributed by atoms with Crippen molar-refractivity contribution in [1.29, 1.82) is 5.26 Å². The summed E-state index contributed by atoms with van der Waals surface area (Å²) in [5, 5.41) is 8.52. The molecule has 1 aromatic heterocycles. The Kier molecular flexibility index (Phi) is 4.33. The summed E-state index contributed by atoms with van der Waals surface area (Å²) in [6.45, 7) is -0.128. The molecule has 8 heteroatoms. The van der Waals surface area contributed by atoms with E-state index in [1.54, 1.807) is 6.07 Å². The Morgan fingerprint density at radius 1 is 1.50 bits per heavy atom. The molecule has 1 heterocycles. The summed E-state index contributed by atoms with van der Waals surface area (Å²) < 4.78 is 45.3. The molecule has 0 bridgehead atoms. The highest BCUT2D eigenvalue weighted by Gasteiger charge is 2.33. The van der Waals surface area contributed by atoms with Crippen molar-refractivity contribution in [2.75, 3.05) is 7.11 Å². The van der Waals surface area contributed by atoms with E-state index in [0.29, 0.717) is 0 Å². The molecule has 98 valence electrons. The van der Waals surface area contributed by atoms with Crippen LogP contribution in [-0.4, -0.2) is 18.5 Å². The van der Waals surface area contributed by atoms with E-state index in [9.17, 15) is 13.2 Å². The number of nitrogens with zero attached hydrogens (tertiary/aromatic N) is 2. The van der Waals surface area contributed by atoms with Gasteiger partial charge in [0.1, 0.15) is 5.69 Å². The average Bonchev–Trinajstić information content (AvgIpc) is 2.26. The molecule has 2 N–H and O–H groups in total. The minimum Gasteiger partial charge on any atom is -0.491 e. The standard InChI is InChI=1S/C10H10F3N3O2/c1-17-9-7(5-15)16-6(2-3-14)4-8(9)18-10(11,12)13/h4H,2,5,15H2,1H3. The number of halogens is 3. The van der Waals surface area contributed by atoms with Crippen molar-refractivity contribution in [3.05, 3.63) is 17.5 Å². The second kappa shape index (κ2) is 5.55. The SMILES string of the molecule is COc1c(OC(F)(F)F)cc(CC#N)nc1CN. The Hall–Kier alpha value is -2.01. The molecule has 0 radical (unpaired) electrons. The zero-order valence-corrected chi connectivity index (χ0v) is 9.41.